The molecule has 0 aliphatic rings. The Hall–Kier alpha value is -1.48. The molecule has 0 radical (unpaired) electrons. The van der Waals surface area contributed by atoms with E-state index in [1.807, 2.05) is 0 Å². The highest BCUT2D eigenvalue weighted by atomic mass is 32.2. The number of hydrogen-bond acceptors (Lipinski definition) is 6. The maximum Gasteiger partial charge on any atom is 0.306 e. The summed E-state index contributed by atoms with van der Waals surface area (Å²) in [6, 6.07) is 0. The van der Waals surface area contributed by atoms with Crippen LogP contribution in [0.1, 0.15) is 25.0 Å². The molecule has 0 spiro atoms. The van der Waals surface area contributed by atoms with E-state index in [0.29, 0.717) is 11.6 Å². The van der Waals surface area contributed by atoms with Crippen molar-refractivity contribution in [2.75, 3.05) is 19.4 Å². The van der Waals surface area contributed by atoms with Gasteiger partial charge in [0.1, 0.15) is 5.82 Å². The molecule has 9 heteroatoms. The van der Waals surface area contributed by atoms with Gasteiger partial charge in [0.2, 0.25) is 10.0 Å². The van der Waals surface area contributed by atoms with E-state index in [1.165, 1.54) is 7.05 Å². The third kappa shape index (κ3) is 4.95. The van der Waals surface area contributed by atoms with Gasteiger partial charge in [-0.3, -0.25) is 9.89 Å². The number of ether oxygens (including phenoxy) is 1. The van der Waals surface area contributed by atoms with Crippen molar-refractivity contribution in [3.63, 3.8) is 0 Å². The standard InChI is InChI=1S/C10H18N4O4S/c1-4-18-10(15)5-6-19(16,17)14(3)7-9-11-8(2)12-13-9/h4-7H2,1-3H3,(H,11,12,13). The number of carbonyl (C=O) groups is 1. The van der Waals surface area contributed by atoms with Gasteiger partial charge in [-0.05, 0) is 13.8 Å². The Kier molecular flexibility index (Phi) is 5.43. The first-order chi connectivity index (χ1) is 8.85. The third-order valence-corrected chi connectivity index (χ3v) is 4.15. The zero-order valence-electron chi connectivity index (χ0n) is 11.2. The summed E-state index contributed by atoms with van der Waals surface area (Å²) in [5.41, 5.74) is 0. The Balaban J connectivity index is 2.54. The minimum Gasteiger partial charge on any atom is -0.466 e. The fourth-order valence-electron chi connectivity index (χ4n) is 1.36. The van der Waals surface area contributed by atoms with Crippen molar-refractivity contribution in [1.29, 1.82) is 0 Å². The molecule has 108 valence electrons. The molecule has 1 aromatic rings. The van der Waals surface area contributed by atoms with Crippen molar-refractivity contribution in [3.8, 4) is 0 Å². The van der Waals surface area contributed by atoms with E-state index in [0.717, 1.165) is 4.31 Å². The van der Waals surface area contributed by atoms with Gasteiger partial charge in [-0.15, -0.1) is 0 Å². The van der Waals surface area contributed by atoms with E-state index in [2.05, 4.69) is 19.9 Å². The number of hydrogen-bond donors (Lipinski definition) is 1. The molecule has 0 atom stereocenters. The number of sulfonamides is 1. The Morgan fingerprint density at radius 3 is 2.68 bits per heavy atom. The zero-order chi connectivity index (χ0) is 14.5. The highest BCUT2D eigenvalue weighted by molar-refractivity contribution is 7.89. The zero-order valence-corrected chi connectivity index (χ0v) is 12.0. The van der Waals surface area contributed by atoms with Gasteiger partial charge in [-0.1, -0.05) is 0 Å². The van der Waals surface area contributed by atoms with Crippen LogP contribution < -0.4 is 0 Å². The second-order valence-electron chi connectivity index (χ2n) is 3.96. The summed E-state index contributed by atoms with van der Waals surface area (Å²) in [5.74, 6) is 0.200. The maximum absolute atomic E-state index is 11.9. The summed E-state index contributed by atoms with van der Waals surface area (Å²) < 4.78 is 29.6. The monoisotopic (exact) mass is 290 g/mol. The molecule has 1 rings (SSSR count). The van der Waals surface area contributed by atoms with Crippen LogP contribution >= 0.6 is 0 Å². The normalized spacial score (nSPS) is 11.8. The molecule has 1 heterocycles. The number of aromatic amines is 1. The van der Waals surface area contributed by atoms with Crippen molar-refractivity contribution in [2.45, 2.75) is 26.8 Å². The second-order valence-corrected chi connectivity index (χ2v) is 6.16. The highest BCUT2D eigenvalue weighted by Crippen LogP contribution is 2.06. The fourth-order valence-corrected chi connectivity index (χ4v) is 2.41. The predicted octanol–water partition coefficient (Wildman–Crippen LogP) is -0.172. The SMILES string of the molecule is CCOC(=O)CCS(=O)(=O)N(C)Cc1n[nH]c(C)n1. The lowest BCUT2D eigenvalue weighted by atomic mass is 10.5. The van der Waals surface area contributed by atoms with Crippen LogP contribution in [-0.2, 0) is 26.1 Å². The molecule has 0 unspecified atom stereocenters. The van der Waals surface area contributed by atoms with Crippen LogP contribution in [0.4, 0.5) is 0 Å². The topological polar surface area (TPSA) is 105 Å². The summed E-state index contributed by atoms with van der Waals surface area (Å²) in [5, 5.41) is 6.50. The third-order valence-electron chi connectivity index (χ3n) is 2.35. The number of H-pyrrole nitrogens is 1. The van der Waals surface area contributed by atoms with Crippen molar-refractivity contribution in [1.82, 2.24) is 19.5 Å². The molecule has 0 saturated carbocycles. The quantitative estimate of drug-likeness (QED) is 0.699. The summed E-state index contributed by atoms with van der Waals surface area (Å²) >= 11 is 0. The van der Waals surface area contributed by atoms with Gasteiger partial charge in [0.25, 0.3) is 0 Å². The van der Waals surface area contributed by atoms with E-state index in [-0.39, 0.29) is 25.3 Å². The Morgan fingerprint density at radius 2 is 2.16 bits per heavy atom. The van der Waals surface area contributed by atoms with Crippen molar-refractivity contribution < 1.29 is 17.9 Å². The molecule has 1 N–H and O–H groups in total. The maximum atomic E-state index is 11.9. The molecule has 0 aromatic carbocycles. The summed E-state index contributed by atoms with van der Waals surface area (Å²) in [6.45, 7) is 3.70. The Labute approximate surface area is 112 Å². The average Bonchev–Trinajstić information content (AvgIpc) is 2.73. The summed E-state index contributed by atoms with van der Waals surface area (Å²) in [7, 11) is -2.10. The van der Waals surface area contributed by atoms with Gasteiger partial charge in [0.05, 0.1) is 25.3 Å². The van der Waals surface area contributed by atoms with Crippen LogP contribution in [0.3, 0.4) is 0 Å². The number of rotatable bonds is 7. The number of esters is 1. The summed E-state index contributed by atoms with van der Waals surface area (Å²) in [6.07, 6.45) is -0.159. The average molecular weight is 290 g/mol. The van der Waals surface area contributed by atoms with Crippen LogP contribution in [0.2, 0.25) is 0 Å². The van der Waals surface area contributed by atoms with Crippen LogP contribution in [0.5, 0.6) is 0 Å². The lowest BCUT2D eigenvalue weighted by Gasteiger charge is -2.14. The predicted molar refractivity (Wildman–Crippen MR) is 67.6 cm³/mol. The van der Waals surface area contributed by atoms with Gasteiger partial charge in [0.15, 0.2) is 5.82 Å². The van der Waals surface area contributed by atoms with Gasteiger partial charge in [-0.2, -0.15) is 9.40 Å². The van der Waals surface area contributed by atoms with Crippen LogP contribution in [0.15, 0.2) is 0 Å². The van der Waals surface area contributed by atoms with Gasteiger partial charge >= 0.3 is 5.97 Å². The highest BCUT2D eigenvalue weighted by Gasteiger charge is 2.21. The number of aromatic nitrogens is 3. The first kappa shape index (κ1) is 15.6. The Morgan fingerprint density at radius 1 is 1.47 bits per heavy atom. The molecule has 0 aliphatic heterocycles. The van der Waals surface area contributed by atoms with Gasteiger partial charge < -0.3 is 4.74 Å². The molecular weight excluding hydrogens is 272 g/mol. The molecular formula is C10H18N4O4S. The first-order valence-electron chi connectivity index (χ1n) is 5.82. The van der Waals surface area contributed by atoms with Crippen LogP contribution in [0, 0.1) is 6.92 Å². The van der Waals surface area contributed by atoms with Crippen LogP contribution in [-0.4, -0.2) is 53.3 Å². The van der Waals surface area contributed by atoms with Gasteiger partial charge in [0, 0.05) is 7.05 Å². The number of carbonyl (C=O) groups excluding carboxylic acids is 1. The molecule has 0 aliphatic carbocycles. The smallest absolute Gasteiger partial charge is 0.306 e. The molecule has 0 bridgehead atoms. The van der Waals surface area contributed by atoms with Crippen LogP contribution in [0.25, 0.3) is 0 Å². The molecule has 0 amide bonds. The first-order valence-corrected chi connectivity index (χ1v) is 7.43. The Bertz CT molecular complexity index is 525. The van der Waals surface area contributed by atoms with Crippen molar-refractivity contribution in [3.05, 3.63) is 11.6 Å². The molecule has 0 fully saturated rings. The van der Waals surface area contributed by atoms with E-state index in [4.69, 9.17) is 0 Å². The number of nitrogens with zero attached hydrogens (tertiary/aromatic N) is 3. The molecule has 19 heavy (non-hydrogen) atoms. The van der Waals surface area contributed by atoms with E-state index < -0.39 is 16.0 Å². The minimum absolute atomic E-state index is 0.0650. The van der Waals surface area contributed by atoms with Gasteiger partial charge in [-0.25, -0.2) is 13.4 Å². The fraction of sp³-hybridized carbons (Fsp3) is 0.700. The largest absolute Gasteiger partial charge is 0.466 e. The lowest BCUT2D eigenvalue weighted by molar-refractivity contribution is -0.142. The lowest BCUT2D eigenvalue weighted by Crippen LogP contribution is -2.30. The van der Waals surface area contributed by atoms with E-state index in [1.54, 1.807) is 13.8 Å². The number of aryl methyl sites for hydroxylation is 1. The van der Waals surface area contributed by atoms with E-state index >= 15 is 0 Å². The summed E-state index contributed by atoms with van der Waals surface area (Å²) in [4.78, 5) is 15.2. The second kappa shape index (κ2) is 6.62. The number of nitrogens with one attached hydrogen (secondary N) is 1. The molecule has 0 saturated heterocycles. The van der Waals surface area contributed by atoms with Crippen molar-refractivity contribution in [2.24, 2.45) is 0 Å². The van der Waals surface area contributed by atoms with Crippen molar-refractivity contribution >= 4 is 16.0 Å². The molecule has 1 aromatic heterocycles. The molecule has 8 nitrogen and oxygen atoms in total. The van der Waals surface area contributed by atoms with E-state index in [9.17, 15) is 13.2 Å². The minimum atomic E-state index is -3.52.